The number of amides is 1. The first-order valence-corrected chi connectivity index (χ1v) is 10.6. The van der Waals surface area contributed by atoms with Crippen molar-refractivity contribution in [3.05, 3.63) is 59.7 Å². The lowest BCUT2D eigenvalue weighted by Crippen LogP contribution is -2.23. The second-order valence-electron chi connectivity index (χ2n) is 7.26. The molecule has 2 aromatic carbocycles. The molecule has 1 N–H and O–H groups in total. The maximum absolute atomic E-state index is 13.0. The molecule has 33 heavy (non-hydrogen) atoms. The fourth-order valence-electron chi connectivity index (χ4n) is 2.88. The maximum atomic E-state index is 13.0. The summed E-state index contributed by atoms with van der Waals surface area (Å²) >= 11 is 0. The first-order valence-electron chi connectivity index (χ1n) is 10.6. The van der Waals surface area contributed by atoms with Crippen LogP contribution in [0.1, 0.15) is 54.9 Å². The van der Waals surface area contributed by atoms with Gasteiger partial charge in [-0.3, -0.25) is 14.4 Å². The zero-order valence-electron chi connectivity index (χ0n) is 18.2. The number of rotatable bonds is 12. The predicted molar refractivity (Wildman–Crippen MR) is 116 cm³/mol. The highest BCUT2D eigenvalue weighted by molar-refractivity contribution is 5.98. The third kappa shape index (κ3) is 8.96. The second kappa shape index (κ2) is 12.6. The fraction of sp³-hybridized carbons (Fsp3) is 0.375. The highest BCUT2D eigenvalue weighted by atomic mass is 19.4. The van der Waals surface area contributed by atoms with Gasteiger partial charge in [-0.1, -0.05) is 31.9 Å². The molecule has 178 valence electrons. The van der Waals surface area contributed by atoms with Crippen LogP contribution < -0.4 is 10.1 Å². The van der Waals surface area contributed by atoms with Gasteiger partial charge in [0.2, 0.25) is 0 Å². The minimum absolute atomic E-state index is 0.131. The molecule has 0 bridgehead atoms. The largest absolute Gasteiger partial charge is 0.494 e. The number of ketones is 1. The highest BCUT2D eigenvalue weighted by Crippen LogP contribution is 2.34. The summed E-state index contributed by atoms with van der Waals surface area (Å²) < 4.78 is 49.2. The molecule has 0 aliphatic rings. The molecule has 0 aliphatic carbocycles. The van der Waals surface area contributed by atoms with Crippen LogP contribution >= 0.6 is 0 Å². The molecule has 0 aliphatic heterocycles. The van der Waals surface area contributed by atoms with Gasteiger partial charge in [0.15, 0.2) is 12.4 Å². The summed E-state index contributed by atoms with van der Waals surface area (Å²) in [6, 6.07) is 11.0. The number of anilines is 1. The normalized spacial score (nSPS) is 11.0. The molecule has 0 saturated carbocycles. The van der Waals surface area contributed by atoms with Gasteiger partial charge in [-0.15, -0.1) is 0 Å². The SMILES string of the molecule is CCCCCOc1ccc(C(=O)CCC(=O)OCC(=O)Nc2ccccc2C(F)(F)F)cc1. The number of carbonyl (C=O) groups excluding carboxylic acids is 3. The van der Waals surface area contributed by atoms with Crippen LogP contribution in [-0.2, 0) is 20.5 Å². The number of hydrogen-bond acceptors (Lipinski definition) is 5. The Morgan fingerprint density at radius 3 is 2.30 bits per heavy atom. The lowest BCUT2D eigenvalue weighted by atomic mass is 10.1. The minimum Gasteiger partial charge on any atom is -0.494 e. The maximum Gasteiger partial charge on any atom is 0.418 e. The summed E-state index contributed by atoms with van der Waals surface area (Å²) in [7, 11) is 0. The van der Waals surface area contributed by atoms with Gasteiger partial charge >= 0.3 is 12.1 Å². The number of alkyl halides is 3. The van der Waals surface area contributed by atoms with E-state index in [1.54, 1.807) is 24.3 Å². The van der Waals surface area contributed by atoms with Crippen molar-refractivity contribution in [3.8, 4) is 5.75 Å². The monoisotopic (exact) mass is 465 g/mol. The van der Waals surface area contributed by atoms with Crippen LogP contribution in [0.15, 0.2) is 48.5 Å². The fourth-order valence-corrected chi connectivity index (χ4v) is 2.88. The lowest BCUT2D eigenvalue weighted by Gasteiger charge is -2.13. The molecule has 0 unspecified atom stereocenters. The number of carbonyl (C=O) groups is 3. The molecule has 0 aromatic heterocycles. The Kier molecular flexibility index (Phi) is 9.90. The molecule has 1 amide bonds. The molecule has 6 nitrogen and oxygen atoms in total. The van der Waals surface area contributed by atoms with E-state index in [9.17, 15) is 27.6 Å². The zero-order chi connectivity index (χ0) is 24.3. The van der Waals surface area contributed by atoms with Gasteiger partial charge in [0.25, 0.3) is 5.91 Å². The summed E-state index contributed by atoms with van der Waals surface area (Å²) in [6.45, 7) is 1.94. The summed E-state index contributed by atoms with van der Waals surface area (Å²) in [5.41, 5.74) is -1.03. The third-order valence-corrected chi connectivity index (χ3v) is 4.62. The number of hydrogen-bond donors (Lipinski definition) is 1. The van der Waals surface area contributed by atoms with Gasteiger partial charge < -0.3 is 14.8 Å². The molecule has 0 fully saturated rings. The molecular formula is C24H26F3NO5. The predicted octanol–water partition coefficient (Wildman–Crippen LogP) is 5.42. The van der Waals surface area contributed by atoms with Crippen LogP contribution in [0.4, 0.5) is 18.9 Å². The Labute approximate surface area is 190 Å². The van der Waals surface area contributed by atoms with E-state index in [0.29, 0.717) is 17.9 Å². The molecule has 0 heterocycles. The lowest BCUT2D eigenvalue weighted by molar-refractivity contribution is -0.147. The van der Waals surface area contributed by atoms with E-state index in [-0.39, 0.29) is 18.6 Å². The number of ether oxygens (including phenoxy) is 2. The summed E-state index contributed by atoms with van der Waals surface area (Å²) in [4.78, 5) is 35.9. The molecule has 0 atom stereocenters. The number of para-hydroxylation sites is 1. The second-order valence-corrected chi connectivity index (χ2v) is 7.26. The van der Waals surface area contributed by atoms with E-state index in [1.165, 1.54) is 12.1 Å². The molecule has 0 radical (unpaired) electrons. The number of esters is 1. The summed E-state index contributed by atoms with van der Waals surface area (Å²) in [6.07, 6.45) is -1.91. The average Bonchev–Trinajstić information content (AvgIpc) is 2.79. The van der Waals surface area contributed by atoms with Crippen molar-refractivity contribution < 1.29 is 37.0 Å². The Morgan fingerprint density at radius 2 is 1.64 bits per heavy atom. The van der Waals surface area contributed by atoms with E-state index in [1.807, 2.05) is 0 Å². The Hall–Kier alpha value is -3.36. The Bertz CT molecular complexity index is 942. The summed E-state index contributed by atoms with van der Waals surface area (Å²) in [5.74, 6) is -1.35. The highest BCUT2D eigenvalue weighted by Gasteiger charge is 2.33. The van der Waals surface area contributed by atoms with E-state index in [0.717, 1.165) is 31.4 Å². The van der Waals surface area contributed by atoms with Crippen molar-refractivity contribution in [2.45, 2.75) is 45.2 Å². The minimum atomic E-state index is -4.64. The van der Waals surface area contributed by atoms with Crippen LogP contribution in [0.3, 0.4) is 0 Å². The van der Waals surface area contributed by atoms with Gasteiger partial charge in [0.1, 0.15) is 5.75 Å². The third-order valence-electron chi connectivity index (χ3n) is 4.62. The number of benzene rings is 2. The van der Waals surface area contributed by atoms with Gasteiger partial charge in [-0.05, 0) is 42.8 Å². The van der Waals surface area contributed by atoms with E-state index < -0.39 is 35.9 Å². The van der Waals surface area contributed by atoms with Gasteiger partial charge in [0.05, 0.1) is 24.3 Å². The van der Waals surface area contributed by atoms with E-state index in [4.69, 9.17) is 9.47 Å². The molecule has 2 aromatic rings. The average molecular weight is 465 g/mol. The van der Waals surface area contributed by atoms with Crippen LogP contribution in [0.5, 0.6) is 5.75 Å². The standard InChI is InChI=1S/C24H26F3NO5/c1-2-3-6-15-32-18-11-9-17(10-12-18)21(29)13-14-23(31)33-16-22(30)28-20-8-5-4-7-19(20)24(25,26)27/h4-5,7-12H,2-3,6,13-16H2,1H3,(H,28,30). The molecule has 9 heteroatoms. The number of Topliss-reactive ketones (excluding diaryl/α,β-unsaturated/α-hetero) is 1. The van der Waals surface area contributed by atoms with Crippen molar-refractivity contribution in [1.29, 1.82) is 0 Å². The van der Waals surface area contributed by atoms with Crippen molar-refractivity contribution in [3.63, 3.8) is 0 Å². The van der Waals surface area contributed by atoms with Crippen LogP contribution in [0, 0.1) is 0 Å². The number of halogens is 3. The first kappa shape index (κ1) is 25.9. The van der Waals surface area contributed by atoms with Crippen LogP contribution in [0.25, 0.3) is 0 Å². The molecule has 2 rings (SSSR count). The van der Waals surface area contributed by atoms with Gasteiger partial charge in [0, 0.05) is 12.0 Å². The molecule has 0 spiro atoms. The van der Waals surface area contributed by atoms with Crippen molar-refractivity contribution in [1.82, 2.24) is 0 Å². The van der Waals surface area contributed by atoms with Gasteiger partial charge in [-0.25, -0.2) is 0 Å². The quantitative estimate of drug-likeness (QED) is 0.257. The Morgan fingerprint density at radius 1 is 0.939 bits per heavy atom. The van der Waals surface area contributed by atoms with Gasteiger partial charge in [-0.2, -0.15) is 13.2 Å². The summed E-state index contributed by atoms with van der Waals surface area (Å²) in [5, 5.41) is 2.07. The van der Waals surface area contributed by atoms with Crippen molar-refractivity contribution >= 4 is 23.3 Å². The van der Waals surface area contributed by atoms with Crippen molar-refractivity contribution in [2.24, 2.45) is 0 Å². The van der Waals surface area contributed by atoms with Crippen LogP contribution in [0.2, 0.25) is 0 Å². The Balaban J connectivity index is 1.75. The smallest absolute Gasteiger partial charge is 0.418 e. The number of unbranched alkanes of at least 4 members (excludes halogenated alkanes) is 2. The van der Waals surface area contributed by atoms with E-state index >= 15 is 0 Å². The van der Waals surface area contributed by atoms with Crippen molar-refractivity contribution in [2.75, 3.05) is 18.5 Å². The molecular weight excluding hydrogens is 439 g/mol. The van der Waals surface area contributed by atoms with E-state index in [2.05, 4.69) is 12.2 Å². The topological polar surface area (TPSA) is 81.7 Å². The first-order chi connectivity index (χ1) is 15.7. The number of nitrogens with one attached hydrogen (secondary N) is 1. The molecule has 0 saturated heterocycles. The van der Waals surface area contributed by atoms with Crippen LogP contribution in [-0.4, -0.2) is 30.9 Å². The zero-order valence-corrected chi connectivity index (χ0v) is 18.2.